The van der Waals surface area contributed by atoms with Crippen molar-refractivity contribution in [1.82, 2.24) is 9.78 Å². The van der Waals surface area contributed by atoms with E-state index < -0.39 is 11.7 Å². The number of ether oxygens (including phenoxy) is 1. The molecule has 0 aliphatic carbocycles. The van der Waals surface area contributed by atoms with Crippen LogP contribution in [0.5, 0.6) is 0 Å². The standard InChI is InChI=1S/C18H21ClFN3O2/c1-18(2,25-3)9-10-23-12-13(11-21-23)22-17(24)8-7-14-15(19)5-4-6-16(14)20/h4-8,11-12H,9-10H2,1-3H3,(H,22,24). The molecule has 1 aromatic carbocycles. The molecule has 0 spiro atoms. The van der Waals surface area contributed by atoms with Crippen LogP contribution < -0.4 is 5.32 Å². The number of aromatic nitrogens is 2. The highest BCUT2D eigenvalue weighted by Crippen LogP contribution is 2.20. The Bertz CT molecular complexity index is 751. The minimum atomic E-state index is -0.481. The molecular weight excluding hydrogens is 345 g/mol. The second-order valence-electron chi connectivity index (χ2n) is 6.16. The Hall–Kier alpha value is -2.18. The largest absolute Gasteiger partial charge is 0.379 e. The first-order valence-corrected chi connectivity index (χ1v) is 8.19. The van der Waals surface area contributed by atoms with Gasteiger partial charge in [-0.3, -0.25) is 9.48 Å². The van der Waals surface area contributed by atoms with Crippen molar-refractivity contribution in [3.8, 4) is 0 Å². The van der Waals surface area contributed by atoms with Crippen molar-refractivity contribution in [2.24, 2.45) is 0 Å². The fourth-order valence-corrected chi connectivity index (χ4v) is 2.28. The molecular formula is C18H21ClFN3O2. The zero-order valence-corrected chi connectivity index (χ0v) is 15.2. The predicted octanol–water partition coefficient (Wildman–Crippen LogP) is 4.14. The summed E-state index contributed by atoms with van der Waals surface area (Å²) in [7, 11) is 1.67. The van der Waals surface area contributed by atoms with Gasteiger partial charge in [-0.2, -0.15) is 5.10 Å². The Balaban J connectivity index is 1.94. The third-order valence-corrected chi connectivity index (χ3v) is 4.13. The number of amides is 1. The Morgan fingerprint density at radius 2 is 2.24 bits per heavy atom. The lowest BCUT2D eigenvalue weighted by Gasteiger charge is -2.22. The number of nitrogens with one attached hydrogen (secondary N) is 1. The summed E-state index contributed by atoms with van der Waals surface area (Å²) >= 11 is 5.91. The molecule has 1 aromatic heterocycles. The van der Waals surface area contributed by atoms with Crippen molar-refractivity contribution < 1.29 is 13.9 Å². The predicted molar refractivity (Wildman–Crippen MR) is 97.0 cm³/mol. The molecule has 2 rings (SSSR count). The quantitative estimate of drug-likeness (QED) is 0.750. The van der Waals surface area contributed by atoms with Gasteiger partial charge in [-0.15, -0.1) is 0 Å². The maximum atomic E-state index is 13.7. The van der Waals surface area contributed by atoms with Gasteiger partial charge in [0.05, 0.1) is 22.5 Å². The third kappa shape index (κ3) is 5.69. The van der Waals surface area contributed by atoms with Crippen LogP contribution in [0.3, 0.4) is 0 Å². The monoisotopic (exact) mass is 365 g/mol. The summed E-state index contributed by atoms with van der Waals surface area (Å²) in [4.78, 5) is 12.0. The van der Waals surface area contributed by atoms with Gasteiger partial charge in [0.1, 0.15) is 5.82 Å². The van der Waals surface area contributed by atoms with E-state index in [9.17, 15) is 9.18 Å². The molecule has 0 fully saturated rings. The molecule has 0 saturated carbocycles. The third-order valence-electron chi connectivity index (χ3n) is 3.80. The van der Waals surface area contributed by atoms with E-state index in [4.69, 9.17) is 16.3 Å². The molecule has 1 heterocycles. The molecule has 0 unspecified atom stereocenters. The van der Waals surface area contributed by atoms with Crippen LogP contribution in [0.1, 0.15) is 25.8 Å². The molecule has 134 valence electrons. The number of hydrogen-bond donors (Lipinski definition) is 1. The summed E-state index contributed by atoms with van der Waals surface area (Å²) in [5, 5.41) is 7.12. The highest BCUT2D eigenvalue weighted by molar-refractivity contribution is 6.32. The first kappa shape index (κ1) is 19.1. The molecule has 5 nitrogen and oxygen atoms in total. The molecule has 7 heteroatoms. The summed E-state index contributed by atoms with van der Waals surface area (Å²) in [6, 6.07) is 4.36. The summed E-state index contributed by atoms with van der Waals surface area (Å²) in [5.41, 5.74) is 0.498. The van der Waals surface area contributed by atoms with E-state index in [1.807, 2.05) is 13.8 Å². The minimum Gasteiger partial charge on any atom is -0.379 e. The fourth-order valence-electron chi connectivity index (χ4n) is 2.05. The number of anilines is 1. The SMILES string of the molecule is COC(C)(C)CCn1cc(NC(=O)C=Cc2c(F)cccc2Cl)cn1. The van der Waals surface area contributed by atoms with Crippen molar-refractivity contribution in [2.45, 2.75) is 32.4 Å². The summed E-state index contributed by atoms with van der Waals surface area (Å²) < 4.78 is 20.7. The van der Waals surface area contributed by atoms with E-state index in [1.165, 1.54) is 24.3 Å². The van der Waals surface area contributed by atoms with Crippen LogP contribution in [0, 0.1) is 5.82 Å². The Morgan fingerprint density at radius 1 is 1.48 bits per heavy atom. The summed E-state index contributed by atoms with van der Waals surface area (Å²) in [6.07, 6.45) is 6.65. The minimum absolute atomic E-state index is 0.178. The zero-order chi connectivity index (χ0) is 18.4. The van der Waals surface area contributed by atoms with Gasteiger partial charge in [-0.25, -0.2) is 4.39 Å². The smallest absolute Gasteiger partial charge is 0.248 e. The van der Waals surface area contributed by atoms with Crippen molar-refractivity contribution >= 4 is 29.3 Å². The topological polar surface area (TPSA) is 56.1 Å². The average molecular weight is 366 g/mol. The number of benzene rings is 1. The first-order chi connectivity index (χ1) is 11.8. The van der Waals surface area contributed by atoms with Crippen LogP contribution >= 0.6 is 11.6 Å². The number of nitrogens with zero attached hydrogens (tertiary/aromatic N) is 2. The van der Waals surface area contributed by atoms with Crippen LogP contribution in [-0.4, -0.2) is 28.4 Å². The van der Waals surface area contributed by atoms with Gasteiger partial charge in [-0.05, 0) is 38.5 Å². The van der Waals surface area contributed by atoms with Gasteiger partial charge in [0.25, 0.3) is 0 Å². The number of carbonyl (C=O) groups is 1. The normalized spacial score (nSPS) is 11.9. The highest BCUT2D eigenvalue weighted by Gasteiger charge is 2.16. The van der Waals surface area contributed by atoms with Crippen LogP contribution in [-0.2, 0) is 16.1 Å². The molecule has 0 saturated heterocycles. The Labute approximate surface area is 151 Å². The lowest BCUT2D eigenvalue weighted by molar-refractivity contribution is -0.111. The van der Waals surface area contributed by atoms with Gasteiger partial charge in [0.15, 0.2) is 0 Å². The number of carbonyl (C=O) groups excluding carboxylic acids is 1. The highest BCUT2D eigenvalue weighted by atomic mass is 35.5. The van der Waals surface area contributed by atoms with Gasteiger partial charge < -0.3 is 10.1 Å². The molecule has 1 N–H and O–H groups in total. The van der Waals surface area contributed by atoms with Gasteiger partial charge in [-0.1, -0.05) is 17.7 Å². The van der Waals surface area contributed by atoms with Crippen LogP contribution in [0.25, 0.3) is 6.08 Å². The van der Waals surface area contributed by atoms with Gasteiger partial charge in [0, 0.05) is 31.5 Å². The number of aryl methyl sites for hydroxylation is 1. The molecule has 25 heavy (non-hydrogen) atoms. The van der Waals surface area contributed by atoms with Gasteiger partial charge >= 0.3 is 0 Å². The first-order valence-electron chi connectivity index (χ1n) is 7.81. The molecule has 0 radical (unpaired) electrons. The second kappa shape index (κ2) is 8.27. The number of halogens is 2. The van der Waals surface area contributed by atoms with E-state index in [2.05, 4.69) is 10.4 Å². The maximum Gasteiger partial charge on any atom is 0.248 e. The van der Waals surface area contributed by atoms with Crippen LogP contribution in [0.4, 0.5) is 10.1 Å². The van der Waals surface area contributed by atoms with E-state index in [0.717, 1.165) is 6.42 Å². The van der Waals surface area contributed by atoms with Crippen LogP contribution in [0.15, 0.2) is 36.7 Å². The lowest BCUT2D eigenvalue weighted by Crippen LogP contribution is -2.24. The maximum absolute atomic E-state index is 13.7. The number of methoxy groups -OCH3 is 1. The van der Waals surface area contributed by atoms with Gasteiger partial charge in [0.2, 0.25) is 5.91 Å². The number of hydrogen-bond acceptors (Lipinski definition) is 3. The Morgan fingerprint density at radius 3 is 2.92 bits per heavy atom. The van der Waals surface area contributed by atoms with Crippen molar-refractivity contribution in [3.05, 3.63) is 53.1 Å². The molecule has 0 aliphatic rings. The molecule has 0 atom stereocenters. The second-order valence-corrected chi connectivity index (χ2v) is 6.57. The average Bonchev–Trinajstić information content (AvgIpc) is 3.00. The molecule has 0 bridgehead atoms. The van der Waals surface area contributed by atoms with Crippen molar-refractivity contribution in [2.75, 3.05) is 12.4 Å². The van der Waals surface area contributed by atoms with Crippen molar-refractivity contribution in [3.63, 3.8) is 0 Å². The van der Waals surface area contributed by atoms with Crippen LogP contribution in [0.2, 0.25) is 5.02 Å². The van der Waals surface area contributed by atoms with E-state index in [0.29, 0.717) is 12.2 Å². The number of rotatable bonds is 7. The lowest BCUT2D eigenvalue weighted by atomic mass is 10.1. The van der Waals surface area contributed by atoms with E-state index >= 15 is 0 Å². The zero-order valence-electron chi connectivity index (χ0n) is 14.4. The molecule has 1 amide bonds. The Kier molecular flexibility index (Phi) is 6.33. The molecule has 0 aliphatic heterocycles. The van der Waals surface area contributed by atoms with E-state index in [1.54, 1.807) is 30.3 Å². The van der Waals surface area contributed by atoms with E-state index in [-0.39, 0.29) is 16.2 Å². The summed E-state index contributed by atoms with van der Waals surface area (Å²) in [5.74, 6) is -0.874. The summed E-state index contributed by atoms with van der Waals surface area (Å²) in [6.45, 7) is 4.66. The van der Waals surface area contributed by atoms with Crippen molar-refractivity contribution in [1.29, 1.82) is 0 Å². The molecule has 2 aromatic rings. The fraction of sp³-hybridized carbons (Fsp3) is 0.333.